The molecular weight excluding hydrogens is 197 g/mol. The zero-order chi connectivity index (χ0) is 10.7. The topological polar surface area (TPSA) is 30.5 Å². The molecule has 1 aromatic carbocycles. The molecule has 1 N–H and O–H groups in total. The van der Waals surface area contributed by atoms with Gasteiger partial charge < -0.3 is 14.8 Å². The van der Waals surface area contributed by atoms with E-state index in [4.69, 9.17) is 9.47 Å². The molecule has 1 aromatic rings. The molecule has 0 bridgehead atoms. The van der Waals surface area contributed by atoms with Crippen molar-refractivity contribution in [2.75, 3.05) is 26.9 Å². The van der Waals surface area contributed by atoms with E-state index in [0.29, 0.717) is 19.0 Å². The van der Waals surface area contributed by atoms with E-state index in [0.717, 1.165) is 12.1 Å². The summed E-state index contributed by atoms with van der Waals surface area (Å²) < 4.78 is 23.6. The van der Waals surface area contributed by atoms with Gasteiger partial charge in [-0.25, -0.2) is 4.39 Å². The van der Waals surface area contributed by atoms with Crippen molar-refractivity contribution in [3.8, 4) is 5.75 Å². The molecule has 1 aliphatic rings. The zero-order valence-corrected chi connectivity index (χ0v) is 8.63. The fourth-order valence-corrected chi connectivity index (χ4v) is 1.74. The van der Waals surface area contributed by atoms with Crippen molar-refractivity contribution >= 4 is 0 Å². The predicted molar refractivity (Wildman–Crippen MR) is 54.5 cm³/mol. The first-order valence-electron chi connectivity index (χ1n) is 4.96. The predicted octanol–water partition coefficient (Wildman–Crippen LogP) is 1.50. The Hall–Kier alpha value is -1.13. The Morgan fingerprint density at radius 1 is 1.53 bits per heavy atom. The second-order valence-corrected chi connectivity index (χ2v) is 3.47. The number of hydrogen-bond acceptors (Lipinski definition) is 3. The fourth-order valence-electron chi connectivity index (χ4n) is 1.74. The summed E-state index contributed by atoms with van der Waals surface area (Å²) in [5, 5.41) is 3.27. The van der Waals surface area contributed by atoms with E-state index < -0.39 is 0 Å². The lowest BCUT2D eigenvalue weighted by Gasteiger charge is -2.25. The van der Waals surface area contributed by atoms with E-state index in [1.54, 1.807) is 13.2 Å². The molecule has 82 valence electrons. The van der Waals surface area contributed by atoms with Crippen LogP contribution in [0.5, 0.6) is 5.75 Å². The molecule has 3 nitrogen and oxygen atoms in total. The van der Waals surface area contributed by atoms with E-state index in [1.165, 1.54) is 12.1 Å². The highest BCUT2D eigenvalue weighted by atomic mass is 19.1. The molecular formula is C11H14FNO2. The number of rotatable bonds is 2. The summed E-state index contributed by atoms with van der Waals surface area (Å²) in [5.41, 5.74) is 0.817. The molecule has 0 aromatic heterocycles. The Morgan fingerprint density at radius 2 is 2.40 bits per heavy atom. The van der Waals surface area contributed by atoms with Crippen molar-refractivity contribution in [3.05, 3.63) is 29.6 Å². The highest BCUT2D eigenvalue weighted by Crippen LogP contribution is 2.27. The van der Waals surface area contributed by atoms with Gasteiger partial charge in [-0.1, -0.05) is 0 Å². The molecule has 0 spiro atoms. The van der Waals surface area contributed by atoms with Crippen molar-refractivity contribution in [2.45, 2.75) is 6.04 Å². The number of halogens is 1. The van der Waals surface area contributed by atoms with Crippen LogP contribution in [0.15, 0.2) is 18.2 Å². The largest absolute Gasteiger partial charge is 0.496 e. The second kappa shape index (κ2) is 4.59. The summed E-state index contributed by atoms with van der Waals surface area (Å²) >= 11 is 0. The standard InChI is InChI=1S/C11H14FNO2/c1-14-11-3-2-8(12)6-9(11)10-7-15-5-4-13-10/h2-3,6,10,13H,4-5,7H2,1H3/t10-/m0/s1. The van der Waals surface area contributed by atoms with Crippen molar-refractivity contribution in [1.82, 2.24) is 5.32 Å². The molecule has 0 radical (unpaired) electrons. The third kappa shape index (κ3) is 2.27. The summed E-state index contributed by atoms with van der Waals surface area (Å²) in [7, 11) is 1.58. The van der Waals surface area contributed by atoms with Crippen LogP contribution in [0.4, 0.5) is 4.39 Å². The van der Waals surface area contributed by atoms with Crippen molar-refractivity contribution in [1.29, 1.82) is 0 Å². The molecule has 1 fully saturated rings. The number of benzene rings is 1. The third-order valence-electron chi connectivity index (χ3n) is 2.49. The quantitative estimate of drug-likeness (QED) is 0.804. The average Bonchev–Trinajstić information content (AvgIpc) is 2.30. The minimum atomic E-state index is -0.252. The van der Waals surface area contributed by atoms with Crippen LogP contribution in [0.2, 0.25) is 0 Å². The lowest BCUT2D eigenvalue weighted by atomic mass is 10.1. The van der Waals surface area contributed by atoms with Gasteiger partial charge in [-0.3, -0.25) is 0 Å². The van der Waals surface area contributed by atoms with Crippen LogP contribution < -0.4 is 10.1 Å². The first-order valence-corrected chi connectivity index (χ1v) is 4.96. The number of morpholine rings is 1. The lowest BCUT2D eigenvalue weighted by Crippen LogP contribution is -2.34. The van der Waals surface area contributed by atoms with Gasteiger partial charge in [0.25, 0.3) is 0 Å². The molecule has 0 saturated carbocycles. The highest BCUT2D eigenvalue weighted by Gasteiger charge is 2.19. The van der Waals surface area contributed by atoms with Gasteiger partial charge in [0.15, 0.2) is 0 Å². The maximum absolute atomic E-state index is 13.1. The normalized spacial score (nSPS) is 21.3. The second-order valence-electron chi connectivity index (χ2n) is 3.47. The Bertz CT molecular complexity index is 337. The summed E-state index contributed by atoms with van der Waals surface area (Å²) in [5.74, 6) is 0.442. The van der Waals surface area contributed by atoms with Gasteiger partial charge in [0.1, 0.15) is 11.6 Å². The van der Waals surface area contributed by atoms with Gasteiger partial charge in [-0.05, 0) is 18.2 Å². The van der Waals surface area contributed by atoms with Crippen molar-refractivity contribution < 1.29 is 13.9 Å². The number of nitrogens with one attached hydrogen (secondary N) is 1. The van der Waals surface area contributed by atoms with Crippen LogP contribution in [0.1, 0.15) is 11.6 Å². The zero-order valence-electron chi connectivity index (χ0n) is 8.63. The minimum absolute atomic E-state index is 0.0180. The first kappa shape index (κ1) is 10.4. The van der Waals surface area contributed by atoms with Crippen molar-refractivity contribution in [3.63, 3.8) is 0 Å². The molecule has 15 heavy (non-hydrogen) atoms. The van der Waals surface area contributed by atoms with E-state index >= 15 is 0 Å². The van der Waals surface area contributed by atoms with Crippen LogP contribution in [-0.2, 0) is 4.74 Å². The lowest BCUT2D eigenvalue weighted by molar-refractivity contribution is 0.0759. The molecule has 0 unspecified atom stereocenters. The van der Waals surface area contributed by atoms with Gasteiger partial charge in [0, 0.05) is 12.1 Å². The molecule has 1 aliphatic heterocycles. The third-order valence-corrected chi connectivity index (χ3v) is 2.49. The van der Waals surface area contributed by atoms with E-state index in [-0.39, 0.29) is 11.9 Å². The first-order chi connectivity index (χ1) is 7.31. The molecule has 4 heteroatoms. The van der Waals surface area contributed by atoms with E-state index in [9.17, 15) is 4.39 Å². The smallest absolute Gasteiger partial charge is 0.123 e. The summed E-state index contributed by atoms with van der Waals surface area (Å²) in [6, 6.07) is 4.54. The number of hydrogen-bond donors (Lipinski definition) is 1. The van der Waals surface area contributed by atoms with Gasteiger partial charge in [0.05, 0.1) is 26.4 Å². The molecule has 0 amide bonds. The SMILES string of the molecule is COc1ccc(F)cc1[C@@H]1COCCN1. The van der Waals surface area contributed by atoms with Gasteiger partial charge in [-0.15, -0.1) is 0 Å². The van der Waals surface area contributed by atoms with Gasteiger partial charge >= 0.3 is 0 Å². The fraction of sp³-hybridized carbons (Fsp3) is 0.455. The Labute approximate surface area is 88.2 Å². The van der Waals surface area contributed by atoms with Crippen LogP contribution in [-0.4, -0.2) is 26.9 Å². The Morgan fingerprint density at radius 3 is 3.07 bits per heavy atom. The number of ether oxygens (including phenoxy) is 2. The molecule has 0 aliphatic carbocycles. The van der Waals surface area contributed by atoms with Gasteiger partial charge in [-0.2, -0.15) is 0 Å². The van der Waals surface area contributed by atoms with Crippen molar-refractivity contribution in [2.24, 2.45) is 0 Å². The van der Waals surface area contributed by atoms with Crippen LogP contribution in [0.3, 0.4) is 0 Å². The highest BCUT2D eigenvalue weighted by molar-refractivity contribution is 5.36. The van der Waals surface area contributed by atoms with Gasteiger partial charge in [0.2, 0.25) is 0 Å². The average molecular weight is 211 g/mol. The van der Waals surface area contributed by atoms with Crippen LogP contribution >= 0.6 is 0 Å². The van der Waals surface area contributed by atoms with E-state index in [1.807, 2.05) is 0 Å². The molecule has 2 rings (SSSR count). The van der Waals surface area contributed by atoms with Crippen LogP contribution in [0, 0.1) is 5.82 Å². The molecule has 1 heterocycles. The summed E-state index contributed by atoms with van der Waals surface area (Å²) in [6.45, 7) is 2.04. The Balaban J connectivity index is 2.27. The summed E-state index contributed by atoms with van der Waals surface area (Å²) in [4.78, 5) is 0. The maximum atomic E-state index is 13.1. The monoisotopic (exact) mass is 211 g/mol. The van der Waals surface area contributed by atoms with E-state index in [2.05, 4.69) is 5.32 Å². The molecule has 1 saturated heterocycles. The maximum Gasteiger partial charge on any atom is 0.123 e. The molecule has 1 atom stereocenters. The minimum Gasteiger partial charge on any atom is -0.496 e. The Kier molecular flexibility index (Phi) is 3.18. The summed E-state index contributed by atoms with van der Waals surface area (Å²) in [6.07, 6.45) is 0. The number of methoxy groups -OCH3 is 1. The van der Waals surface area contributed by atoms with Crippen LogP contribution in [0.25, 0.3) is 0 Å².